The van der Waals surface area contributed by atoms with E-state index in [2.05, 4.69) is 20.9 Å². The summed E-state index contributed by atoms with van der Waals surface area (Å²) >= 11 is 0. The maximum atomic E-state index is 15.4. The molecule has 1 fully saturated rings. The van der Waals surface area contributed by atoms with Crippen LogP contribution in [0.25, 0.3) is 32.9 Å². The highest BCUT2D eigenvalue weighted by molar-refractivity contribution is 6.04. The highest BCUT2D eigenvalue weighted by Crippen LogP contribution is 2.39. The molecule has 38 heavy (non-hydrogen) atoms. The Bertz CT molecular complexity index is 1590. The van der Waals surface area contributed by atoms with Crippen molar-refractivity contribution in [3.63, 3.8) is 0 Å². The first-order valence-corrected chi connectivity index (χ1v) is 11.8. The van der Waals surface area contributed by atoms with Crippen LogP contribution >= 0.6 is 0 Å². The predicted molar refractivity (Wildman–Crippen MR) is 136 cm³/mol. The second-order valence-corrected chi connectivity index (χ2v) is 9.04. The number of anilines is 1. The Kier molecular flexibility index (Phi) is 6.71. The summed E-state index contributed by atoms with van der Waals surface area (Å²) in [4.78, 5) is 14.6. The molecular weight excluding hydrogens is 498 g/mol. The van der Waals surface area contributed by atoms with E-state index in [1.165, 1.54) is 35.4 Å². The summed E-state index contributed by atoms with van der Waals surface area (Å²) in [6.07, 6.45) is 5.61. The molecule has 0 radical (unpaired) electrons. The molecule has 1 aliphatic heterocycles. The van der Waals surface area contributed by atoms with Gasteiger partial charge in [0.2, 0.25) is 0 Å². The smallest absolute Gasteiger partial charge is 0.323 e. The van der Waals surface area contributed by atoms with Crippen molar-refractivity contribution in [2.45, 2.75) is 26.6 Å². The number of aromatic nitrogens is 3. The zero-order valence-electron chi connectivity index (χ0n) is 20.5. The number of aliphatic hydroxyl groups excluding tert-OH is 1. The van der Waals surface area contributed by atoms with Gasteiger partial charge < -0.3 is 29.7 Å². The first-order valence-electron chi connectivity index (χ1n) is 11.8. The summed E-state index contributed by atoms with van der Waals surface area (Å²) in [6, 6.07) is 5.22. The lowest BCUT2D eigenvalue weighted by Gasteiger charge is -2.28. The first-order chi connectivity index (χ1) is 18.2. The minimum atomic E-state index is -2.22. The van der Waals surface area contributed by atoms with Crippen LogP contribution in [-0.2, 0) is 4.74 Å². The lowest BCUT2D eigenvalue weighted by molar-refractivity contribution is -0.183. The van der Waals surface area contributed by atoms with E-state index < -0.39 is 30.5 Å². The summed E-state index contributed by atoms with van der Waals surface area (Å²) < 4.78 is 40.5. The van der Waals surface area contributed by atoms with Gasteiger partial charge in [-0.15, -0.1) is 6.42 Å². The second-order valence-electron chi connectivity index (χ2n) is 9.04. The molecule has 2 atom stereocenters. The molecule has 2 unspecified atom stereocenters. The van der Waals surface area contributed by atoms with Crippen molar-refractivity contribution in [1.29, 1.82) is 0 Å². The number of aryl methyl sites for hydroxylation is 1. The van der Waals surface area contributed by atoms with Gasteiger partial charge in [0.1, 0.15) is 17.4 Å². The van der Waals surface area contributed by atoms with Crippen LogP contribution in [0.2, 0.25) is 0 Å². The van der Waals surface area contributed by atoms with Crippen LogP contribution < -0.4 is 9.64 Å². The van der Waals surface area contributed by atoms with Gasteiger partial charge in [-0.1, -0.05) is 18.9 Å². The van der Waals surface area contributed by atoms with Crippen LogP contribution in [0.15, 0.2) is 30.5 Å². The molecule has 0 bridgehead atoms. The van der Waals surface area contributed by atoms with Crippen LogP contribution in [0.4, 0.5) is 14.6 Å². The average Bonchev–Trinajstić information content (AvgIpc) is 3.04. The van der Waals surface area contributed by atoms with Crippen LogP contribution in [-0.4, -0.2) is 62.8 Å². The summed E-state index contributed by atoms with van der Waals surface area (Å²) in [7, 11) is 0. The minimum absolute atomic E-state index is 0.00780. The van der Waals surface area contributed by atoms with Crippen molar-refractivity contribution in [2.75, 3.05) is 24.7 Å². The third-order valence-corrected chi connectivity index (χ3v) is 6.50. The highest BCUT2D eigenvalue weighted by Gasteiger charge is 2.31. The number of alkyl halides is 1. The number of aromatic hydroxyl groups is 1. The van der Waals surface area contributed by atoms with Crippen LogP contribution in [0.3, 0.4) is 0 Å². The van der Waals surface area contributed by atoms with Gasteiger partial charge in [0.25, 0.3) is 0 Å². The number of nitrogens with zero attached hydrogens (tertiary/aromatic N) is 4. The van der Waals surface area contributed by atoms with Crippen LogP contribution in [0, 0.1) is 31.0 Å². The Labute approximate surface area is 216 Å². The van der Waals surface area contributed by atoms with E-state index >= 15 is 4.39 Å². The maximum Gasteiger partial charge on any atom is 0.323 e. The number of ether oxygens (including phenoxy) is 2. The number of fused-ring (bicyclic) bond motifs is 2. The summed E-state index contributed by atoms with van der Waals surface area (Å²) in [5.74, 6) is 1.35. The third kappa shape index (κ3) is 4.43. The van der Waals surface area contributed by atoms with E-state index in [-0.39, 0.29) is 42.4 Å². The molecule has 4 aromatic rings. The number of hydrogen-bond donors (Lipinski definition) is 3. The zero-order valence-corrected chi connectivity index (χ0v) is 20.5. The van der Waals surface area contributed by atoms with E-state index in [1.54, 1.807) is 13.8 Å². The summed E-state index contributed by atoms with van der Waals surface area (Å²) in [6.45, 7) is 1.81. The lowest BCUT2D eigenvalue weighted by Crippen LogP contribution is -2.38. The molecule has 196 valence electrons. The maximum absolute atomic E-state index is 15.4. The van der Waals surface area contributed by atoms with Crippen molar-refractivity contribution in [3.05, 3.63) is 47.4 Å². The standard InChI is InChI=1S/C27H24F2N4O5/c1-4-17-20(28)6-5-15-9-16(34)10-18(21(15)17)22-14(3)23-19(11-30-22)25(32-26(31-23)38-27(35)36)33-7-8-37-12-13(2)24(33)29/h1,5-6,9-11,13,24,27,34-36H,7-8,12H2,2-3H3. The topological polar surface area (TPSA) is 121 Å². The number of phenols is 1. The van der Waals surface area contributed by atoms with E-state index in [4.69, 9.17) is 15.9 Å². The molecule has 9 nitrogen and oxygen atoms in total. The quantitative estimate of drug-likeness (QED) is 0.210. The van der Waals surface area contributed by atoms with Gasteiger partial charge in [-0.3, -0.25) is 4.98 Å². The van der Waals surface area contributed by atoms with E-state index in [9.17, 15) is 19.7 Å². The monoisotopic (exact) mass is 522 g/mol. The molecule has 0 saturated carbocycles. The lowest BCUT2D eigenvalue weighted by atomic mass is 9.94. The number of benzene rings is 2. The number of terminal acetylenes is 1. The Morgan fingerprint density at radius 3 is 2.79 bits per heavy atom. The predicted octanol–water partition coefficient (Wildman–Crippen LogP) is 3.39. The van der Waals surface area contributed by atoms with Crippen LogP contribution in [0.5, 0.6) is 11.8 Å². The van der Waals surface area contributed by atoms with Crippen molar-refractivity contribution >= 4 is 27.5 Å². The van der Waals surface area contributed by atoms with Gasteiger partial charge in [-0.2, -0.15) is 9.97 Å². The normalized spacial score (nSPS) is 18.1. The molecule has 1 saturated heterocycles. The van der Waals surface area contributed by atoms with Crippen molar-refractivity contribution < 1.29 is 33.6 Å². The van der Waals surface area contributed by atoms with Gasteiger partial charge in [0, 0.05) is 35.2 Å². The molecule has 2 aromatic carbocycles. The second kappa shape index (κ2) is 9.98. The summed E-state index contributed by atoms with van der Waals surface area (Å²) in [5.41, 5.74) is 1.42. The number of hydrogen-bond acceptors (Lipinski definition) is 9. The largest absolute Gasteiger partial charge is 0.508 e. The third-order valence-electron chi connectivity index (χ3n) is 6.50. The Morgan fingerprint density at radius 1 is 1.26 bits per heavy atom. The molecule has 11 heteroatoms. The molecular formula is C27H24F2N4O5. The van der Waals surface area contributed by atoms with E-state index in [0.717, 1.165) is 0 Å². The summed E-state index contributed by atoms with van der Waals surface area (Å²) in [5, 5.41) is 30.5. The molecule has 0 spiro atoms. The number of phenolic OH excluding ortho intramolecular Hbond substituents is 1. The SMILES string of the molecule is C#Cc1c(F)ccc2cc(O)cc(-c3ncc4c(N5CCOCC(C)C5F)nc(OC(O)O)nc4c3C)c12. The number of aliphatic hydroxyl groups is 2. The number of halogens is 2. The highest BCUT2D eigenvalue weighted by atomic mass is 19.1. The first kappa shape index (κ1) is 25.5. The molecule has 0 amide bonds. The zero-order chi connectivity index (χ0) is 27.1. The van der Waals surface area contributed by atoms with Gasteiger partial charge in [0.05, 0.1) is 35.4 Å². The fraction of sp³-hybridized carbons (Fsp3) is 0.296. The van der Waals surface area contributed by atoms with Crippen molar-refractivity contribution in [2.24, 2.45) is 5.92 Å². The Balaban J connectivity index is 1.80. The van der Waals surface area contributed by atoms with Gasteiger partial charge in [-0.05, 0) is 30.5 Å². The van der Waals surface area contributed by atoms with Crippen molar-refractivity contribution in [3.8, 4) is 35.4 Å². The van der Waals surface area contributed by atoms with E-state index in [1.807, 2.05) is 0 Å². The minimum Gasteiger partial charge on any atom is -0.508 e. The number of rotatable bonds is 4. The molecule has 0 aliphatic carbocycles. The van der Waals surface area contributed by atoms with E-state index in [0.29, 0.717) is 33.0 Å². The Hall–Kier alpha value is -4.11. The fourth-order valence-corrected chi connectivity index (χ4v) is 4.74. The van der Waals surface area contributed by atoms with Crippen LogP contribution in [0.1, 0.15) is 18.1 Å². The van der Waals surface area contributed by atoms with Crippen molar-refractivity contribution in [1.82, 2.24) is 15.0 Å². The fourth-order valence-electron chi connectivity index (χ4n) is 4.74. The molecule has 3 N–H and O–H groups in total. The molecule has 5 rings (SSSR count). The van der Waals surface area contributed by atoms with Gasteiger partial charge in [-0.25, -0.2) is 8.78 Å². The molecule has 2 aromatic heterocycles. The molecule has 1 aliphatic rings. The average molecular weight is 523 g/mol. The van der Waals surface area contributed by atoms with Gasteiger partial charge in [0.15, 0.2) is 6.30 Å². The van der Waals surface area contributed by atoms with Gasteiger partial charge >= 0.3 is 12.5 Å². The molecule has 3 heterocycles. The number of pyridine rings is 1. The Morgan fingerprint density at radius 2 is 2.05 bits per heavy atom.